The number of aromatic nitrogens is 1. The highest BCUT2D eigenvalue weighted by Crippen LogP contribution is 2.19. The average molecular weight is 306 g/mol. The van der Waals surface area contributed by atoms with Crippen LogP contribution in [0.25, 0.3) is 0 Å². The van der Waals surface area contributed by atoms with Crippen molar-refractivity contribution in [2.75, 3.05) is 19.7 Å². The summed E-state index contributed by atoms with van der Waals surface area (Å²) in [6.45, 7) is 3.74. The predicted molar refractivity (Wildman–Crippen MR) is 80.4 cm³/mol. The van der Waals surface area contributed by atoms with E-state index in [1.165, 1.54) is 0 Å². The van der Waals surface area contributed by atoms with Crippen LogP contribution in [0, 0.1) is 5.92 Å². The number of piperidine rings is 1. The topological polar surface area (TPSA) is 68.6 Å². The van der Waals surface area contributed by atoms with Gasteiger partial charge < -0.3 is 14.2 Å². The van der Waals surface area contributed by atoms with Crippen LogP contribution in [0.2, 0.25) is 0 Å². The molecule has 6 nitrogen and oxygen atoms in total. The Kier molecular flexibility index (Phi) is 5.75. The van der Waals surface area contributed by atoms with Crippen LogP contribution >= 0.6 is 0 Å². The lowest BCUT2D eigenvalue weighted by molar-refractivity contribution is -0.151. The molecule has 22 heavy (non-hydrogen) atoms. The van der Waals surface area contributed by atoms with Crippen molar-refractivity contribution in [1.29, 1.82) is 0 Å². The summed E-state index contributed by atoms with van der Waals surface area (Å²) in [5.74, 6) is -0.414. The van der Waals surface area contributed by atoms with Crippen LogP contribution in [-0.2, 0) is 20.9 Å². The molecule has 1 saturated heterocycles. The zero-order chi connectivity index (χ0) is 15.9. The van der Waals surface area contributed by atoms with Crippen molar-refractivity contribution < 1.29 is 19.1 Å². The fourth-order valence-corrected chi connectivity index (χ4v) is 2.77. The van der Waals surface area contributed by atoms with Crippen LogP contribution < -0.4 is 0 Å². The Balaban J connectivity index is 1.86. The molecule has 0 saturated carbocycles. The molecule has 1 aromatic rings. The number of carbonyl (C=O) groups is 3. The van der Waals surface area contributed by atoms with Crippen LogP contribution in [-0.4, -0.2) is 47.3 Å². The van der Waals surface area contributed by atoms with E-state index in [4.69, 9.17) is 4.74 Å². The van der Waals surface area contributed by atoms with Crippen LogP contribution in [0.4, 0.5) is 0 Å². The third-order valence-corrected chi connectivity index (χ3v) is 3.95. The highest BCUT2D eigenvalue weighted by Gasteiger charge is 2.29. The Morgan fingerprint density at radius 1 is 1.45 bits per heavy atom. The summed E-state index contributed by atoms with van der Waals surface area (Å²) >= 11 is 0. The van der Waals surface area contributed by atoms with E-state index in [9.17, 15) is 14.4 Å². The van der Waals surface area contributed by atoms with Crippen molar-refractivity contribution in [2.24, 2.45) is 5.92 Å². The molecule has 0 aliphatic carbocycles. The summed E-state index contributed by atoms with van der Waals surface area (Å²) in [6.07, 6.45) is 4.48. The van der Waals surface area contributed by atoms with Gasteiger partial charge in [-0.05, 0) is 31.9 Å². The molecule has 0 N–H and O–H groups in total. The number of esters is 1. The number of nitrogens with zero attached hydrogens (tertiary/aromatic N) is 2. The van der Waals surface area contributed by atoms with E-state index < -0.39 is 0 Å². The SMILES string of the molecule is CCOC(=O)C1CCCN(C(=O)CCn2cccc2C=O)C1. The molecule has 1 amide bonds. The third-order valence-electron chi connectivity index (χ3n) is 3.95. The van der Waals surface area contributed by atoms with Gasteiger partial charge in [-0.1, -0.05) is 0 Å². The molecular formula is C16H22N2O4. The number of likely N-dealkylation sites (tertiary alicyclic amines) is 1. The standard InChI is InChI=1S/C16H22N2O4/c1-2-22-16(21)13-5-3-9-18(11-13)15(20)7-10-17-8-4-6-14(17)12-19/h4,6,8,12-13H,2-3,5,7,9-11H2,1H3. The minimum absolute atomic E-state index is 0.0135. The normalized spacial score (nSPS) is 18.0. The Morgan fingerprint density at radius 3 is 3.00 bits per heavy atom. The van der Waals surface area contributed by atoms with Crippen LogP contribution in [0.5, 0.6) is 0 Å². The van der Waals surface area contributed by atoms with Crippen LogP contribution in [0.3, 0.4) is 0 Å². The van der Waals surface area contributed by atoms with Gasteiger partial charge in [0.15, 0.2) is 6.29 Å². The molecule has 2 rings (SSSR count). The van der Waals surface area contributed by atoms with Gasteiger partial charge in [-0.25, -0.2) is 0 Å². The van der Waals surface area contributed by atoms with Gasteiger partial charge >= 0.3 is 5.97 Å². The van der Waals surface area contributed by atoms with E-state index in [0.717, 1.165) is 19.1 Å². The third kappa shape index (κ3) is 3.96. The number of rotatable bonds is 6. The fraction of sp³-hybridized carbons (Fsp3) is 0.562. The van der Waals surface area contributed by atoms with E-state index >= 15 is 0 Å². The minimum Gasteiger partial charge on any atom is -0.466 e. The van der Waals surface area contributed by atoms with Gasteiger partial charge in [-0.15, -0.1) is 0 Å². The van der Waals surface area contributed by atoms with Gasteiger partial charge in [-0.3, -0.25) is 14.4 Å². The summed E-state index contributed by atoms with van der Waals surface area (Å²) in [7, 11) is 0. The van der Waals surface area contributed by atoms with E-state index in [0.29, 0.717) is 38.4 Å². The molecule has 6 heteroatoms. The number of aryl methyl sites for hydroxylation is 1. The van der Waals surface area contributed by atoms with Crippen molar-refractivity contribution in [3.8, 4) is 0 Å². The highest BCUT2D eigenvalue weighted by atomic mass is 16.5. The van der Waals surface area contributed by atoms with Gasteiger partial charge in [0.05, 0.1) is 18.2 Å². The first-order valence-electron chi connectivity index (χ1n) is 7.70. The molecule has 1 aliphatic rings. The molecule has 1 unspecified atom stereocenters. The molecule has 0 radical (unpaired) electrons. The lowest BCUT2D eigenvalue weighted by Gasteiger charge is -2.31. The summed E-state index contributed by atoms with van der Waals surface area (Å²) in [6, 6.07) is 3.50. The molecular weight excluding hydrogens is 284 g/mol. The second-order valence-corrected chi connectivity index (χ2v) is 5.43. The smallest absolute Gasteiger partial charge is 0.310 e. The fourth-order valence-electron chi connectivity index (χ4n) is 2.77. The van der Waals surface area contributed by atoms with Gasteiger partial charge in [0.2, 0.25) is 5.91 Å². The quantitative estimate of drug-likeness (QED) is 0.590. The van der Waals surface area contributed by atoms with E-state index in [1.807, 2.05) is 0 Å². The monoisotopic (exact) mass is 306 g/mol. The van der Waals surface area contributed by atoms with Crippen molar-refractivity contribution in [3.63, 3.8) is 0 Å². The van der Waals surface area contributed by atoms with Gasteiger partial charge in [-0.2, -0.15) is 0 Å². The Hall–Kier alpha value is -2.11. The Bertz CT molecular complexity index is 538. The van der Waals surface area contributed by atoms with Gasteiger partial charge in [0.25, 0.3) is 0 Å². The molecule has 120 valence electrons. The zero-order valence-corrected chi connectivity index (χ0v) is 12.9. The summed E-state index contributed by atoms with van der Waals surface area (Å²) < 4.78 is 6.80. The molecule has 0 spiro atoms. The summed E-state index contributed by atoms with van der Waals surface area (Å²) in [4.78, 5) is 36.7. The first-order chi connectivity index (χ1) is 10.7. The van der Waals surface area contributed by atoms with Crippen LogP contribution in [0.1, 0.15) is 36.7 Å². The average Bonchev–Trinajstić information content (AvgIpc) is 3.00. The van der Waals surface area contributed by atoms with Crippen molar-refractivity contribution >= 4 is 18.2 Å². The first-order valence-corrected chi connectivity index (χ1v) is 7.70. The maximum atomic E-state index is 12.3. The lowest BCUT2D eigenvalue weighted by Crippen LogP contribution is -2.43. The maximum Gasteiger partial charge on any atom is 0.310 e. The van der Waals surface area contributed by atoms with E-state index in [-0.39, 0.29) is 17.8 Å². The van der Waals surface area contributed by atoms with E-state index in [1.54, 1.807) is 34.7 Å². The molecule has 0 aromatic carbocycles. The first kappa shape index (κ1) is 16.3. The number of carbonyl (C=O) groups excluding carboxylic acids is 3. The minimum atomic E-state index is -0.214. The van der Waals surface area contributed by atoms with Gasteiger partial charge in [0, 0.05) is 32.3 Å². The number of amides is 1. The molecule has 2 heterocycles. The number of hydrogen-bond donors (Lipinski definition) is 0. The summed E-state index contributed by atoms with van der Waals surface area (Å²) in [5.41, 5.74) is 0.566. The van der Waals surface area contributed by atoms with Crippen LogP contribution in [0.15, 0.2) is 18.3 Å². The predicted octanol–water partition coefficient (Wildman–Crippen LogP) is 1.49. The molecule has 1 atom stereocenters. The number of hydrogen-bond acceptors (Lipinski definition) is 4. The summed E-state index contributed by atoms with van der Waals surface area (Å²) in [5, 5.41) is 0. The maximum absolute atomic E-state index is 12.3. The molecule has 1 aromatic heterocycles. The largest absolute Gasteiger partial charge is 0.466 e. The molecule has 1 aliphatic heterocycles. The van der Waals surface area contributed by atoms with E-state index in [2.05, 4.69) is 0 Å². The lowest BCUT2D eigenvalue weighted by atomic mass is 9.98. The molecule has 1 fully saturated rings. The second-order valence-electron chi connectivity index (χ2n) is 5.43. The number of aldehydes is 1. The van der Waals surface area contributed by atoms with Crippen molar-refractivity contribution in [2.45, 2.75) is 32.7 Å². The Labute approximate surface area is 130 Å². The zero-order valence-electron chi connectivity index (χ0n) is 12.9. The van der Waals surface area contributed by atoms with Crippen molar-refractivity contribution in [3.05, 3.63) is 24.0 Å². The Morgan fingerprint density at radius 2 is 2.27 bits per heavy atom. The highest BCUT2D eigenvalue weighted by molar-refractivity contribution is 5.78. The number of ether oxygens (including phenoxy) is 1. The molecule has 0 bridgehead atoms. The second kappa shape index (κ2) is 7.77. The van der Waals surface area contributed by atoms with Gasteiger partial charge in [0.1, 0.15) is 0 Å². The van der Waals surface area contributed by atoms with Crippen molar-refractivity contribution in [1.82, 2.24) is 9.47 Å².